The predicted octanol–water partition coefficient (Wildman–Crippen LogP) is 5.05. The van der Waals surface area contributed by atoms with Gasteiger partial charge in [0.1, 0.15) is 22.0 Å². The fraction of sp³-hybridized carbons (Fsp3) is 0.143. The van der Waals surface area contributed by atoms with E-state index < -0.39 is 0 Å². The number of carbonyl (C=O) groups is 1. The number of hydrogen-bond donors (Lipinski definition) is 0. The highest BCUT2D eigenvalue weighted by molar-refractivity contribution is 8.00. The summed E-state index contributed by atoms with van der Waals surface area (Å²) in [6.45, 7) is 1.96. The Morgan fingerprint density at radius 3 is 2.54 bits per heavy atom. The molecule has 0 N–H and O–H groups in total. The van der Waals surface area contributed by atoms with Crippen molar-refractivity contribution in [2.24, 2.45) is 0 Å². The lowest BCUT2D eigenvalue weighted by Crippen LogP contribution is -2.03. The molecule has 2 heterocycles. The van der Waals surface area contributed by atoms with Gasteiger partial charge in [0.2, 0.25) is 0 Å². The molecule has 0 aliphatic heterocycles. The number of carbonyl (C=O) groups excluding carboxylic acids is 1. The first kappa shape index (κ1) is 18.6. The van der Waals surface area contributed by atoms with Crippen molar-refractivity contribution in [3.63, 3.8) is 0 Å². The molecule has 2 aromatic carbocycles. The first-order valence-electron chi connectivity index (χ1n) is 8.65. The molecule has 0 atom stereocenters. The Balaban J connectivity index is 1.64. The average molecular weight is 408 g/mol. The molecule has 0 aliphatic rings. The van der Waals surface area contributed by atoms with Crippen LogP contribution in [0.3, 0.4) is 0 Å². The van der Waals surface area contributed by atoms with Crippen LogP contribution in [0, 0.1) is 6.92 Å². The van der Waals surface area contributed by atoms with Crippen LogP contribution in [0.4, 0.5) is 0 Å². The summed E-state index contributed by atoms with van der Waals surface area (Å²) >= 11 is 2.96. The maximum atomic E-state index is 12.4. The number of methoxy groups -OCH3 is 1. The van der Waals surface area contributed by atoms with Crippen molar-refractivity contribution in [3.8, 4) is 17.0 Å². The highest BCUT2D eigenvalue weighted by atomic mass is 32.2. The zero-order valence-electron chi connectivity index (χ0n) is 15.4. The summed E-state index contributed by atoms with van der Waals surface area (Å²) in [6.07, 6.45) is 0. The summed E-state index contributed by atoms with van der Waals surface area (Å²) in [5, 5.41) is 10.4. The lowest BCUT2D eigenvalue weighted by molar-refractivity contribution is 0.102. The van der Waals surface area contributed by atoms with Crippen LogP contribution in [0.15, 0.2) is 59.6 Å². The minimum absolute atomic E-state index is 0.0618. The molecule has 7 heteroatoms. The number of fused-ring (bicyclic) bond motifs is 1. The molecule has 0 fully saturated rings. The van der Waals surface area contributed by atoms with Crippen LogP contribution >= 0.6 is 23.1 Å². The quantitative estimate of drug-likeness (QED) is 0.329. The van der Waals surface area contributed by atoms with E-state index in [0.29, 0.717) is 16.3 Å². The zero-order chi connectivity index (χ0) is 19.5. The topological polar surface area (TPSA) is 65.0 Å². The van der Waals surface area contributed by atoms with Gasteiger partial charge in [0.05, 0.1) is 22.6 Å². The van der Waals surface area contributed by atoms with Crippen molar-refractivity contribution in [3.05, 3.63) is 65.2 Å². The first-order chi connectivity index (χ1) is 13.7. The summed E-state index contributed by atoms with van der Waals surface area (Å²) < 4.78 is 6.20. The molecule has 0 spiro atoms. The minimum Gasteiger partial charge on any atom is -0.497 e. The van der Waals surface area contributed by atoms with Gasteiger partial charge < -0.3 is 4.74 Å². The predicted molar refractivity (Wildman–Crippen MR) is 113 cm³/mol. The van der Waals surface area contributed by atoms with Crippen molar-refractivity contribution < 1.29 is 9.53 Å². The van der Waals surface area contributed by atoms with Gasteiger partial charge in [0.25, 0.3) is 0 Å². The fourth-order valence-corrected chi connectivity index (χ4v) is 4.61. The van der Waals surface area contributed by atoms with Crippen molar-refractivity contribution >= 4 is 39.1 Å². The van der Waals surface area contributed by atoms with Crippen LogP contribution in [0.2, 0.25) is 0 Å². The SMILES string of the molecule is COc1ccc(-c2nnc(SCC(=O)c3ccccc3)c3nc(C)sc23)cc1. The van der Waals surface area contributed by atoms with Gasteiger partial charge in [-0.15, -0.1) is 21.5 Å². The number of thiazole rings is 1. The van der Waals surface area contributed by atoms with Crippen LogP contribution in [0.25, 0.3) is 21.5 Å². The second-order valence-corrected chi connectivity index (χ2v) is 8.24. The molecule has 0 unspecified atom stereocenters. The number of aryl methyl sites for hydroxylation is 1. The molecule has 0 amide bonds. The summed E-state index contributed by atoms with van der Waals surface area (Å²) in [5.74, 6) is 1.15. The first-order valence-corrected chi connectivity index (χ1v) is 10.4. The monoisotopic (exact) mass is 407 g/mol. The van der Waals surface area contributed by atoms with E-state index in [1.165, 1.54) is 11.8 Å². The van der Waals surface area contributed by atoms with E-state index in [-0.39, 0.29) is 5.78 Å². The molecule has 0 aliphatic carbocycles. The Morgan fingerprint density at radius 1 is 1.07 bits per heavy atom. The molecule has 0 saturated carbocycles. The number of nitrogens with zero attached hydrogens (tertiary/aromatic N) is 3. The molecule has 0 saturated heterocycles. The molecule has 140 valence electrons. The molecule has 0 bridgehead atoms. The Morgan fingerprint density at radius 2 is 1.82 bits per heavy atom. The second-order valence-electron chi connectivity index (χ2n) is 6.07. The van der Waals surface area contributed by atoms with Crippen molar-refractivity contribution in [1.29, 1.82) is 0 Å². The minimum atomic E-state index is 0.0618. The van der Waals surface area contributed by atoms with E-state index in [1.54, 1.807) is 18.4 Å². The number of aromatic nitrogens is 3. The van der Waals surface area contributed by atoms with E-state index in [1.807, 2.05) is 61.5 Å². The normalized spacial score (nSPS) is 10.9. The largest absolute Gasteiger partial charge is 0.497 e. The smallest absolute Gasteiger partial charge is 0.173 e. The number of ketones is 1. The Hall–Kier alpha value is -2.77. The van der Waals surface area contributed by atoms with Crippen molar-refractivity contribution in [2.45, 2.75) is 11.9 Å². The maximum absolute atomic E-state index is 12.4. The van der Waals surface area contributed by atoms with Crippen LogP contribution in [-0.4, -0.2) is 33.8 Å². The van der Waals surface area contributed by atoms with Crippen LogP contribution in [0.5, 0.6) is 5.75 Å². The number of ether oxygens (including phenoxy) is 1. The molecular formula is C21H17N3O2S2. The number of benzene rings is 2. The summed E-state index contributed by atoms with van der Waals surface area (Å²) in [7, 11) is 1.64. The highest BCUT2D eigenvalue weighted by Crippen LogP contribution is 2.35. The van der Waals surface area contributed by atoms with Crippen LogP contribution in [0.1, 0.15) is 15.4 Å². The molecule has 28 heavy (non-hydrogen) atoms. The standard InChI is InChI=1S/C21H17N3O2S2/c1-13-22-19-20(28-13)18(15-8-10-16(26-2)11-9-15)23-24-21(19)27-12-17(25)14-6-4-3-5-7-14/h3-11H,12H2,1-2H3. The summed E-state index contributed by atoms with van der Waals surface area (Å²) in [4.78, 5) is 17.1. The van der Waals surface area contributed by atoms with Gasteiger partial charge in [-0.1, -0.05) is 42.1 Å². The third-order valence-corrected chi connectivity index (χ3v) is 6.12. The van der Waals surface area contributed by atoms with Crippen molar-refractivity contribution in [1.82, 2.24) is 15.2 Å². The van der Waals surface area contributed by atoms with Gasteiger partial charge in [-0.2, -0.15) is 0 Å². The van der Waals surface area contributed by atoms with Crippen molar-refractivity contribution in [2.75, 3.05) is 12.9 Å². The van der Waals surface area contributed by atoms with Gasteiger partial charge in [-0.3, -0.25) is 4.79 Å². The third kappa shape index (κ3) is 3.76. The van der Waals surface area contributed by atoms with Crippen LogP contribution in [-0.2, 0) is 0 Å². The highest BCUT2D eigenvalue weighted by Gasteiger charge is 2.17. The Labute approximate surface area is 170 Å². The second kappa shape index (κ2) is 8.08. The van der Waals surface area contributed by atoms with Gasteiger partial charge in [0.15, 0.2) is 5.78 Å². The molecule has 4 rings (SSSR count). The van der Waals surface area contributed by atoms with E-state index in [2.05, 4.69) is 15.2 Å². The molecule has 5 nitrogen and oxygen atoms in total. The van der Waals surface area contributed by atoms with Gasteiger partial charge in [-0.25, -0.2) is 4.98 Å². The van der Waals surface area contributed by atoms with Crippen LogP contribution < -0.4 is 4.74 Å². The van der Waals surface area contributed by atoms with Gasteiger partial charge >= 0.3 is 0 Å². The van der Waals surface area contributed by atoms with E-state index in [4.69, 9.17) is 4.74 Å². The van der Waals surface area contributed by atoms with E-state index in [9.17, 15) is 4.79 Å². The summed E-state index contributed by atoms with van der Waals surface area (Å²) in [6, 6.07) is 17.0. The molecular weight excluding hydrogens is 390 g/mol. The summed E-state index contributed by atoms with van der Waals surface area (Å²) in [5.41, 5.74) is 3.25. The maximum Gasteiger partial charge on any atom is 0.173 e. The lowest BCUT2D eigenvalue weighted by Gasteiger charge is -2.06. The zero-order valence-corrected chi connectivity index (χ0v) is 17.0. The molecule has 4 aromatic rings. The van der Waals surface area contributed by atoms with E-state index >= 15 is 0 Å². The Bertz CT molecular complexity index is 1130. The Kier molecular flexibility index (Phi) is 5.36. The number of hydrogen-bond acceptors (Lipinski definition) is 7. The number of Topliss-reactive ketones (excluding diaryl/α,β-unsaturated/α-hetero) is 1. The average Bonchev–Trinajstić information content (AvgIpc) is 3.14. The number of rotatable bonds is 6. The molecule has 0 radical (unpaired) electrons. The number of thioether (sulfide) groups is 1. The van der Waals surface area contributed by atoms with E-state index in [0.717, 1.165) is 32.2 Å². The van der Waals surface area contributed by atoms with Gasteiger partial charge in [-0.05, 0) is 31.2 Å². The fourth-order valence-electron chi connectivity index (χ4n) is 2.80. The molecule has 2 aromatic heterocycles. The third-order valence-electron chi connectivity index (χ3n) is 4.19. The lowest BCUT2D eigenvalue weighted by atomic mass is 10.1. The van der Waals surface area contributed by atoms with Gasteiger partial charge in [0, 0.05) is 11.1 Å².